The molecule has 2 rings (SSSR count). The number of halogens is 4. The first-order chi connectivity index (χ1) is 12.4. The molecular weight excluding hydrogens is 395 g/mol. The maximum Gasteiger partial charge on any atom is 0.432 e. The van der Waals surface area contributed by atoms with E-state index in [1.165, 1.54) is 24.3 Å². The fourth-order valence-corrected chi connectivity index (χ4v) is 2.50. The molecule has 1 unspecified atom stereocenters. The molecule has 4 N–H and O–H groups in total. The van der Waals surface area contributed by atoms with Gasteiger partial charge in [0.15, 0.2) is 0 Å². The Morgan fingerprint density at radius 2 is 1.85 bits per heavy atom. The summed E-state index contributed by atoms with van der Waals surface area (Å²) in [5, 5.41) is 10.4. The van der Waals surface area contributed by atoms with Crippen LogP contribution in [0.15, 0.2) is 33.9 Å². The summed E-state index contributed by atoms with van der Waals surface area (Å²) in [7, 11) is 0.590. The molecule has 0 fully saturated rings. The number of ether oxygens (including phenoxy) is 1. The van der Waals surface area contributed by atoms with Crippen LogP contribution in [0, 0.1) is 0 Å². The van der Waals surface area contributed by atoms with Crippen molar-refractivity contribution in [3.8, 4) is 0 Å². The summed E-state index contributed by atoms with van der Waals surface area (Å²) < 4.78 is 44.8. The van der Waals surface area contributed by atoms with Gasteiger partial charge >= 0.3 is 17.8 Å². The van der Waals surface area contributed by atoms with Crippen LogP contribution in [-0.4, -0.2) is 33.9 Å². The van der Waals surface area contributed by atoms with Crippen LogP contribution in [0.1, 0.15) is 11.1 Å². The third-order valence-corrected chi connectivity index (χ3v) is 4.00. The minimum absolute atomic E-state index is 0.360. The molecule has 2 aromatic rings. The van der Waals surface area contributed by atoms with Gasteiger partial charge in [0, 0.05) is 5.02 Å². The van der Waals surface area contributed by atoms with E-state index >= 15 is 0 Å². The molecule has 0 aliphatic heterocycles. The predicted octanol–water partition coefficient (Wildman–Crippen LogP) is 0.743. The van der Waals surface area contributed by atoms with Crippen molar-refractivity contribution in [2.75, 3.05) is 12.8 Å². The lowest BCUT2D eigenvalue weighted by Gasteiger charge is -2.28. The first-order valence-corrected chi connectivity index (χ1v) is 7.56. The van der Waals surface area contributed by atoms with Gasteiger partial charge in [0.1, 0.15) is 11.4 Å². The second-order valence-corrected chi connectivity index (χ2v) is 5.87. The number of benzene rings is 1. The van der Waals surface area contributed by atoms with Gasteiger partial charge in [0.2, 0.25) is 0 Å². The van der Waals surface area contributed by atoms with Gasteiger partial charge in [-0.15, -0.1) is 0 Å². The van der Waals surface area contributed by atoms with E-state index in [1.807, 2.05) is 0 Å². The number of nitrogens with one attached hydrogen (secondary N) is 1. The average Bonchev–Trinajstić information content (AvgIpc) is 2.58. The number of nitrogens with two attached hydrogens (primary N) is 1. The van der Waals surface area contributed by atoms with Gasteiger partial charge in [-0.25, -0.2) is 9.59 Å². The fourth-order valence-electron chi connectivity index (χ4n) is 2.37. The van der Waals surface area contributed by atoms with E-state index in [4.69, 9.17) is 17.3 Å². The number of H-pyrrole nitrogens is 1. The van der Waals surface area contributed by atoms with Crippen molar-refractivity contribution in [1.82, 2.24) is 9.55 Å². The van der Waals surface area contributed by atoms with Crippen LogP contribution in [0.4, 0.5) is 19.0 Å². The summed E-state index contributed by atoms with van der Waals surface area (Å²) >= 11 is 5.73. The SMILES string of the molecule is COC(=O)C(O)(c1c(N)n(Cc2ccc(Cl)cc2)c(=O)[nH]c1=O)C(F)(F)F. The van der Waals surface area contributed by atoms with E-state index in [-0.39, 0.29) is 6.54 Å². The largest absolute Gasteiger partial charge is 0.466 e. The number of aliphatic hydroxyl groups is 1. The lowest BCUT2D eigenvalue weighted by molar-refractivity contribution is -0.267. The van der Waals surface area contributed by atoms with Gasteiger partial charge < -0.3 is 15.6 Å². The molecule has 1 aromatic heterocycles. The van der Waals surface area contributed by atoms with Crippen LogP contribution in [0.5, 0.6) is 0 Å². The Labute approximate surface area is 153 Å². The Morgan fingerprint density at radius 1 is 1.30 bits per heavy atom. The van der Waals surface area contributed by atoms with E-state index in [0.717, 1.165) is 0 Å². The molecule has 27 heavy (non-hydrogen) atoms. The summed E-state index contributed by atoms with van der Waals surface area (Å²) in [6.45, 7) is -0.360. The number of esters is 1. The van der Waals surface area contributed by atoms with Gasteiger partial charge in [-0.1, -0.05) is 23.7 Å². The van der Waals surface area contributed by atoms with E-state index in [2.05, 4.69) is 4.74 Å². The van der Waals surface area contributed by atoms with Gasteiger partial charge in [-0.2, -0.15) is 13.2 Å². The van der Waals surface area contributed by atoms with Gasteiger partial charge in [-0.3, -0.25) is 14.3 Å². The monoisotopic (exact) mass is 407 g/mol. The number of alkyl halides is 3. The number of carbonyl (C=O) groups is 1. The molecule has 0 aliphatic rings. The molecule has 0 radical (unpaired) electrons. The Hall–Kier alpha value is -2.79. The molecule has 1 atom stereocenters. The summed E-state index contributed by atoms with van der Waals surface area (Å²) in [4.78, 5) is 37.3. The highest BCUT2D eigenvalue weighted by Crippen LogP contribution is 2.40. The number of aromatic amines is 1. The third kappa shape index (κ3) is 3.55. The maximum atomic E-state index is 13.4. The van der Waals surface area contributed by atoms with Crippen LogP contribution in [0.2, 0.25) is 5.02 Å². The predicted molar refractivity (Wildman–Crippen MR) is 88.3 cm³/mol. The Morgan fingerprint density at radius 3 is 2.33 bits per heavy atom. The molecule has 0 aliphatic carbocycles. The zero-order chi connectivity index (χ0) is 20.6. The summed E-state index contributed by atoms with van der Waals surface area (Å²) in [6, 6.07) is 5.86. The van der Waals surface area contributed by atoms with Crippen LogP contribution in [0.3, 0.4) is 0 Å². The van der Waals surface area contributed by atoms with E-state index in [0.29, 0.717) is 22.3 Å². The highest BCUT2D eigenvalue weighted by atomic mass is 35.5. The standard InChI is InChI=1S/C15H13ClF3N3O5/c1-27-12(24)14(26,15(17,18)19)9-10(20)22(13(25)21-11(9)23)6-7-2-4-8(16)5-3-7/h2-5,26H,6,20H2,1H3,(H,21,23,25). The number of nitrogens with zero attached hydrogens (tertiary/aromatic N) is 1. The highest BCUT2D eigenvalue weighted by molar-refractivity contribution is 6.30. The number of hydrogen-bond donors (Lipinski definition) is 3. The molecule has 0 amide bonds. The highest BCUT2D eigenvalue weighted by Gasteiger charge is 2.64. The zero-order valence-corrected chi connectivity index (χ0v) is 14.4. The average molecular weight is 408 g/mol. The number of nitrogen functional groups attached to an aromatic ring is 1. The lowest BCUT2D eigenvalue weighted by Crippen LogP contribution is -2.54. The Balaban J connectivity index is 2.74. The van der Waals surface area contributed by atoms with Crippen LogP contribution < -0.4 is 17.0 Å². The summed E-state index contributed by atoms with van der Waals surface area (Å²) in [5.41, 5.74) is -2.74. The van der Waals surface area contributed by atoms with Gasteiger partial charge in [-0.05, 0) is 17.7 Å². The van der Waals surface area contributed by atoms with Crippen molar-refractivity contribution in [3.05, 3.63) is 61.3 Å². The van der Waals surface area contributed by atoms with E-state index < -0.39 is 40.4 Å². The number of hydrogen-bond acceptors (Lipinski definition) is 6. The van der Waals surface area contributed by atoms with Gasteiger partial charge in [0.05, 0.1) is 13.7 Å². The minimum atomic E-state index is -5.65. The first kappa shape index (κ1) is 20.5. The number of aromatic nitrogens is 2. The molecule has 8 nitrogen and oxygen atoms in total. The topological polar surface area (TPSA) is 127 Å². The van der Waals surface area contributed by atoms with Crippen molar-refractivity contribution in [3.63, 3.8) is 0 Å². The fraction of sp³-hybridized carbons (Fsp3) is 0.267. The molecular formula is C15H13ClF3N3O5. The number of anilines is 1. The molecule has 0 saturated carbocycles. The van der Waals surface area contributed by atoms with Crippen LogP contribution in [-0.2, 0) is 21.7 Å². The normalized spacial score (nSPS) is 13.9. The lowest BCUT2D eigenvalue weighted by atomic mass is 9.94. The smallest absolute Gasteiger partial charge is 0.432 e. The molecule has 146 valence electrons. The third-order valence-electron chi connectivity index (χ3n) is 3.75. The molecule has 0 bridgehead atoms. The maximum absolute atomic E-state index is 13.4. The molecule has 0 saturated heterocycles. The molecule has 1 aromatic carbocycles. The number of carbonyl (C=O) groups excluding carboxylic acids is 1. The van der Waals surface area contributed by atoms with Crippen molar-refractivity contribution in [1.29, 1.82) is 0 Å². The first-order valence-electron chi connectivity index (χ1n) is 7.18. The number of methoxy groups -OCH3 is 1. The van der Waals surface area contributed by atoms with Crippen molar-refractivity contribution < 1.29 is 27.8 Å². The second-order valence-electron chi connectivity index (χ2n) is 5.43. The van der Waals surface area contributed by atoms with Crippen molar-refractivity contribution >= 4 is 23.4 Å². The molecule has 1 heterocycles. The Kier molecular flexibility index (Phi) is 5.38. The zero-order valence-electron chi connectivity index (χ0n) is 13.6. The molecule has 12 heteroatoms. The van der Waals surface area contributed by atoms with Gasteiger partial charge in [0.25, 0.3) is 11.2 Å². The van der Waals surface area contributed by atoms with Crippen molar-refractivity contribution in [2.45, 2.75) is 18.3 Å². The number of rotatable bonds is 4. The quantitative estimate of drug-likeness (QED) is 0.642. The summed E-state index contributed by atoms with van der Waals surface area (Å²) in [5.74, 6) is -3.21. The minimum Gasteiger partial charge on any atom is -0.466 e. The summed E-state index contributed by atoms with van der Waals surface area (Å²) in [6.07, 6.45) is -5.65. The van der Waals surface area contributed by atoms with E-state index in [9.17, 15) is 32.7 Å². The van der Waals surface area contributed by atoms with Crippen molar-refractivity contribution in [2.24, 2.45) is 0 Å². The second kappa shape index (κ2) is 7.08. The van der Waals surface area contributed by atoms with Crippen LogP contribution in [0.25, 0.3) is 0 Å². The van der Waals surface area contributed by atoms with Crippen LogP contribution >= 0.6 is 11.6 Å². The Bertz CT molecular complexity index is 984. The van der Waals surface area contributed by atoms with E-state index in [1.54, 1.807) is 4.98 Å². The molecule has 0 spiro atoms.